The molecule has 98 valence electrons. The number of nitrogens with zero attached hydrogens (tertiary/aromatic N) is 1. The Morgan fingerprint density at radius 3 is 2.89 bits per heavy atom. The number of carbonyl (C=O) groups excluding carboxylic acids is 1. The Morgan fingerprint density at radius 1 is 1.33 bits per heavy atom. The number of hydrogen-bond acceptors (Lipinski definition) is 3. The zero-order valence-electron chi connectivity index (χ0n) is 10.5. The van der Waals surface area contributed by atoms with Gasteiger partial charge in [0, 0.05) is 7.05 Å². The van der Waals surface area contributed by atoms with Crippen LogP contribution in [0.5, 0.6) is 0 Å². The minimum absolute atomic E-state index is 0.237. The Kier molecular flexibility index (Phi) is 2.62. The van der Waals surface area contributed by atoms with Crippen LogP contribution in [-0.4, -0.2) is 25.7 Å². The van der Waals surface area contributed by atoms with E-state index in [0.717, 1.165) is 22.7 Å². The number of sulfonamides is 1. The quantitative estimate of drug-likeness (QED) is 0.674. The smallest absolute Gasteiger partial charge is 0.262 e. The second-order valence-electron chi connectivity index (χ2n) is 5.36. The topological polar surface area (TPSA) is 54.5 Å². The number of hydrogen-bond donors (Lipinski definition) is 0. The van der Waals surface area contributed by atoms with E-state index in [-0.39, 0.29) is 12.3 Å². The third kappa shape index (κ3) is 1.64. The fraction of sp³-hybridized carbons (Fsp3) is 0.615. The van der Waals surface area contributed by atoms with Crippen LogP contribution in [0, 0.1) is 5.92 Å². The Bertz CT molecular complexity index is 571. The molecule has 0 saturated heterocycles. The second-order valence-corrected chi connectivity index (χ2v) is 7.35. The predicted molar refractivity (Wildman–Crippen MR) is 68.0 cm³/mol. The van der Waals surface area contributed by atoms with Crippen molar-refractivity contribution < 1.29 is 13.2 Å². The van der Waals surface area contributed by atoms with Crippen molar-refractivity contribution in [3.05, 3.63) is 22.1 Å². The van der Waals surface area contributed by atoms with Crippen molar-refractivity contribution in [2.75, 3.05) is 7.05 Å². The van der Waals surface area contributed by atoms with Crippen molar-refractivity contribution in [1.82, 2.24) is 4.31 Å². The summed E-state index contributed by atoms with van der Waals surface area (Å²) in [6.07, 6.45) is 7.33. The molecule has 1 atom stereocenters. The Labute approximate surface area is 107 Å². The van der Waals surface area contributed by atoms with Crippen molar-refractivity contribution in [3.63, 3.8) is 0 Å². The summed E-state index contributed by atoms with van der Waals surface area (Å²) < 4.78 is 25.4. The number of amides is 1. The van der Waals surface area contributed by atoms with Crippen molar-refractivity contribution in [3.8, 4) is 0 Å². The molecule has 18 heavy (non-hydrogen) atoms. The molecule has 1 fully saturated rings. The van der Waals surface area contributed by atoms with Crippen LogP contribution in [0.1, 0.15) is 38.5 Å². The first kappa shape index (κ1) is 12.0. The Hall–Kier alpha value is -1.10. The van der Waals surface area contributed by atoms with Crippen LogP contribution >= 0.6 is 0 Å². The number of allylic oxidation sites excluding steroid dienone is 3. The highest BCUT2D eigenvalue weighted by molar-refractivity contribution is 7.93. The van der Waals surface area contributed by atoms with Gasteiger partial charge in [0.25, 0.3) is 10.0 Å². The van der Waals surface area contributed by atoms with E-state index in [0.29, 0.717) is 17.2 Å². The number of fused-ring (bicyclic) bond motifs is 1. The van der Waals surface area contributed by atoms with E-state index in [1.165, 1.54) is 25.5 Å². The summed E-state index contributed by atoms with van der Waals surface area (Å²) in [6.45, 7) is 0. The maximum Gasteiger partial charge on any atom is 0.262 e. The fourth-order valence-corrected chi connectivity index (χ4v) is 4.72. The van der Waals surface area contributed by atoms with E-state index < -0.39 is 10.0 Å². The molecule has 0 bridgehead atoms. The van der Waals surface area contributed by atoms with Crippen molar-refractivity contribution in [2.24, 2.45) is 5.92 Å². The SMILES string of the molecule is CN1C(=O)CC2=C(CC3CCCCC3=C2)S1(=O)=O. The van der Waals surface area contributed by atoms with Gasteiger partial charge < -0.3 is 0 Å². The number of rotatable bonds is 0. The van der Waals surface area contributed by atoms with E-state index in [9.17, 15) is 13.2 Å². The van der Waals surface area contributed by atoms with E-state index in [1.54, 1.807) is 0 Å². The maximum atomic E-state index is 12.2. The van der Waals surface area contributed by atoms with Crippen LogP contribution in [0.15, 0.2) is 22.1 Å². The van der Waals surface area contributed by atoms with Gasteiger partial charge in [-0.2, -0.15) is 0 Å². The van der Waals surface area contributed by atoms with Crippen LogP contribution in [0.3, 0.4) is 0 Å². The van der Waals surface area contributed by atoms with Crippen molar-refractivity contribution >= 4 is 15.9 Å². The van der Waals surface area contributed by atoms with Gasteiger partial charge in [-0.1, -0.05) is 18.1 Å². The van der Waals surface area contributed by atoms with E-state index >= 15 is 0 Å². The first-order chi connectivity index (χ1) is 8.50. The van der Waals surface area contributed by atoms with Crippen molar-refractivity contribution in [2.45, 2.75) is 38.5 Å². The standard InChI is InChI=1S/C13H17NO3S/c1-14-13(15)8-11-6-9-4-2-3-5-10(9)7-12(11)18(14,16)17/h6,10H,2-5,7-8H2,1H3. The van der Waals surface area contributed by atoms with E-state index in [1.807, 2.05) is 6.08 Å². The third-order valence-electron chi connectivity index (χ3n) is 4.31. The molecule has 0 radical (unpaired) electrons. The normalized spacial score (nSPS) is 30.7. The van der Waals surface area contributed by atoms with Gasteiger partial charge in [0.15, 0.2) is 0 Å². The average molecular weight is 267 g/mol. The summed E-state index contributed by atoms with van der Waals surface area (Å²) in [4.78, 5) is 12.2. The van der Waals surface area contributed by atoms with Gasteiger partial charge in [-0.25, -0.2) is 12.7 Å². The van der Waals surface area contributed by atoms with E-state index in [2.05, 4.69) is 0 Å². The zero-order chi connectivity index (χ0) is 12.9. The van der Waals surface area contributed by atoms with Gasteiger partial charge in [0.05, 0.1) is 11.3 Å². The summed E-state index contributed by atoms with van der Waals surface area (Å²) >= 11 is 0. The lowest BCUT2D eigenvalue weighted by molar-refractivity contribution is -0.125. The molecule has 1 unspecified atom stereocenters. The van der Waals surface area contributed by atoms with Crippen LogP contribution in [0.25, 0.3) is 0 Å². The minimum Gasteiger partial charge on any atom is -0.273 e. The lowest BCUT2D eigenvalue weighted by Crippen LogP contribution is -2.39. The molecule has 1 amide bonds. The van der Waals surface area contributed by atoms with Gasteiger partial charge in [-0.05, 0) is 37.2 Å². The first-order valence-corrected chi connectivity index (χ1v) is 7.88. The average Bonchev–Trinajstić information content (AvgIpc) is 2.35. The zero-order valence-corrected chi connectivity index (χ0v) is 11.3. The monoisotopic (exact) mass is 267 g/mol. The van der Waals surface area contributed by atoms with Crippen LogP contribution in [0.2, 0.25) is 0 Å². The summed E-state index contributed by atoms with van der Waals surface area (Å²) in [5, 5.41) is 0. The number of carbonyl (C=O) groups is 1. The molecule has 0 N–H and O–H groups in total. The molecule has 3 aliphatic rings. The summed E-state index contributed by atoms with van der Waals surface area (Å²) in [7, 11) is -2.18. The molecule has 1 aliphatic heterocycles. The molecule has 0 aromatic carbocycles. The molecule has 0 aromatic heterocycles. The van der Waals surface area contributed by atoms with Crippen LogP contribution < -0.4 is 0 Å². The second kappa shape index (κ2) is 3.95. The highest BCUT2D eigenvalue weighted by Crippen LogP contribution is 2.43. The predicted octanol–water partition coefficient (Wildman–Crippen LogP) is 1.95. The van der Waals surface area contributed by atoms with E-state index in [4.69, 9.17) is 0 Å². The Morgan fingerprint density at radius 2 is 2.11 bits per heavy atom. The van der Waals surface area contributed by atoms with Gasteiger partial charge in [-0.3, -0.25) is 4.79 Å². The molecule has 5 heteroatoms. The largest absolute Gasteiger partial charge is 0.273 e. The first-order valence-electron chi connectivity index (χ1n) is 6.44. The summed E-state index contributed by atoms with van der Waals surface area (Å²) in [5.74, 6) is 0.0636. The highest BCUT2D eigenvalue weighted by atomic mass is 32.2. The molecular formula is C13H17NO3S. The van der Waals surface area contributed by atoms with Crippen LogP contribution in [-0.2, 0) is 14.8 Å². The molecule has 3 rings (SSSR count). The molecule has 1 heterocycles. The van der Waals surface area contributed by atoms with Gasteiger partial charge >= 0.3 is 0 Å². The molecule has 2 aliphatic carbocycles. The Balaban J connectivity index is 2.08. The lowest BCUT2D eigenvalue weighted by Gasteiger charge is -2.35. The molecule has 0 aromatic rings. The fourth-order valence-electron chi connectivity index (χ4n) is 3.19. The molecular weight excluding hydrogens is 250 g/mol. The maximum absolute atomic E-state index is 12.2. The molecule has 4 nitrogen and oxygen atoms in total. The lowest BCUT2D eigenvalue weighted by atomic mass is 9.78. The third-order valence-corrected chi connectivity index (χ3v) is 6.28. The van der Waals surface area contributed by atoms with Crippen LogP contribution in [0.4, 0.5) is 0 Å². The summed E-state index contributed by atoms with van der Waals surface area (Å²) in [6, 6.07) is 0. The van der Waals surface area contributed by atoms with Gasteiger partial charge in [-0.15, -0.1) is 0 Å². The van der Waals surface area contributed by atoms with Gasteiger partial charge in [0.2, 0.25) is 5.91 Å². The highest BCUT2D eigenvalue weighted by Gasteiger charge is 2.39. The summed E-state index contributed by atoms with van der Waals surface area (Å²) in [5.41, 5.74) is 2.10. The minimum atomic E-state index is -3.54. The van der Waals surface area contributed by atoms with Gasteiger partial charge in [0.1, 0.15) is 0 Å². The van der Waals surface area contributed by atoms with Crippen molar-refractivity contribution in [1.29, 1.82) is 0 Å². The molecule has 0 spiro atoms. The molecule has 1 saturated carbocycles.